The molecule has 2 aliphatic heterocycles. The van der Waals surface area contributed by atoms with Crippen molar-refractivity contribution in [1.29, 1.82) is 0 Å². The summed E-state index contributed by atoms with van der Waals surface area (Å²) in [7, 11) is 0. The smallest absolute Gasteiger partial charge is 0.0960 e. The van der Waals surface area contributed by atoms with Crippen LogP contribution >= 0.6 is 0 Å². The van der Waals surface area contributed by atoms with Crippen molar-refractivity contribution in [2.75, 3.05) is 23.3 Å². The highest BCUT2D eigenvalue weighted by Crippen LogP contribution is 2.43. The van der Waals surface area contributed by atoms with Gasteiger partial charge in [-0.05, 0) is 79.3 Å². The van der Waals surface area contributed by atoms with Gasteiger partial charge >= 0.3 is 0 Å². The molecule has 2 aromatic carbocycles. The maximum atomic E-state index is 10.3. The van der Waals surface area contributed by atoms with E-state index in [1.165, 1.54) is 65.7 Å². The first-order chi connectivity index (χ1) is 16.7. The fourth-order valence-corrected chi connectivity index (χ4v) is 6.31. The molecule has 34 heavy (non-hydrogen) atoms. The number of anilines is 2. The van der Waals surface area contributed by atoms with Gasteiger partial charge in [-0.1, -0.05) is 38.3 Å². The lowest BCUT2D eigenvalue weighted by molar-refractivity contribution is 0.154. The van der Waals surface area contributed by atoms with E-state index < -0.39 is 0 Å². The van der Waals surface area contributed by atoms with Gasteiger partial charge in [-0.15, -0.1) is 0 Å². The Balaban J connectivity index is 1.44. The average molecular weight is 457 g/mol. The van der Waals surface area contributed by atoms with Gasteiger partial charge in [0.15, 0.2) is 0 Å². The monoisotopic (exact) mass is 456 g/mol. The number of rotatable bonds is 4. The fraction of sp³-hybridized carbons (Fsp3) is 0.483. The molecule has 3 aromatic rings. The molecule has 0 radical (unpaired) electrons. The van der Waals surface area contributed by atoms with Crippen LogP contribution in [0.3, 0.4) is 0 Å². The number of hydrogen-bond donors (Lipinski definition) is 2. The van der Waals surface area contributed by atoms with Crippen LogP contribution in [0, 0.1) is 0 Å². The van der Waals surface area contributed by atoms with E-state index >= 15 is 0 Å². The molecule has 1 aromatic heterocycles. The van der Waals surface area contributed by atoms with E-state index in [1.54, 1.807) is 0 Å². The van der Waals surface area contributed by atoms with Crippen LogP contribution in [0.15, 0.2) is 48.9 Å². The van der Waals surface area contributed by atoms with Gasteiger partial charge in [0.2, 0.25) is 0 Å². The molecule has 2 fully saturated rings. The van der Waals surface area contributed by atoms with Gasteiger partial charge < -0.3 is 19.9 Å². The molecular weight excluding hydrogens is 420 g/mol. The third-order valence-corrected chi connectivity index (χ3v) is 8.16. The normalized spacial score (nSPS) is 23.2. The second-order valence-electron chi connectivity index (χ2n) is 10.4. The molecule has 178 valence electrons. The van der Waals surface area contributed by atoms with Gasteiger partial charge in [-0.3, -0.25) is 0 Å². The highest BCUT2D eigenvalue weighted by Gasteiger charge is 2.25. The van der Waals surface area contributed by atoms with Crippen LogP contribution < -0.4 is 10.2 Å². The Morgan fingerprint density at radius 2 is 1.94 bits per heavy atom. The van der Waals surface area contributed by atoms with Crippen molar-refractivity contribution in [2.45, 2.75) is 76.4 Å². The molecule has 1 saturated heterocycles. The van der Waals surface area contributed by atoms with Crippen LogP contribution in [-0.2, 0) is 0 Å². The number of benzene rings is 2. The topological polar surface area (TPSA) is 53.3 Å². The standard InChI is InChI=1S/C29H36N4O/c1-2-20-12-13-30-27-17-23(32-14-6-9-24(34)18-32)16-25(29(20)27)21-10-11-28-26(15-21)31-19-33(28)22-7-4-3-5-8-22/h10-13,15-17,19-20,22,24,30,34H,2-9,14,18H2,1H3. The molecule has 2 atom stereocenters. The predicted molar refractivity (Wildman–Crippen MR) is 141 cm³/mol. The molecule has 5 nitrogen and oxygen atoms in total. The van der Waals surface area contributed by atoms with Crippen LogP contribution in [0.1, 0.15) is 75.8 Å². The average Bonchev–Trinajstić information content (AvgIpc) is 3.31. The maximum Gasteiger partial charge on any atom is 0.0960 e. The van der Waals surface area contributed by atoms with E-state index in [0.29, 0.717) is 18.5 Å². The number of aromatic nitrogens is 2. The minimum Gasteiger partial charge on any atom is -0.391 e. The minimum absolute atomic E-state index is 0.246. The Morgan fingerprint density at radius 1 is 1.06 bits per heavy atom. The Labute approximate surface area is 202 Å². The molecule has 0 bridgehead atoms. The van der Waals surface area contributed by atoms with Crippen LogP contribution in [-0.4, -0.2) is 33.9 Å². The van der Waals surface area contributed by atoms with E-state index in [1.807, 2.05) is 0 Å². The van der Waals surface area contributed by atoms with Gasteiger partial charge in [0.05, 0.1) is 23.5 Å². The molecule has 1 aliphatic carbocycles. The quantitative estimate of drug-likeness (QED) is 0.464. The van der Waals surface area contributed by atoms with Gasteiger partial charge in [0.25, 0.3) is 0 Å². The molecular formula is C29H36N4O. The fourth-order valence-electron chi connectivity index (χ4n) is 6.31. The number of aliphatic hydroxyl groups is 1. The molecule has 3 aliphatic rings. The molecule has 0 spiro atoms. The number of hydrogen-bond acceptors (Lipinski definition) is 4. The highest BCUT2D eigenvalue weighted by atomic mass is 16.3. The Bertz CT molecular complexity index is 1210. The van der Waals surface area contributed by atoms with Crippen molar-refractivity contribution in [1.82, 2.24) is 9.55 Å². The van der Waals surface area contributed by atoms with Crippen molar-refractivity contribution >= 4 is 22.4 Å². The SMILES string of the molecule is CCC1C=CNc2cc(N3CCCC(O)C3)cc(-c3ccc4c(c3)ncn4C3CCCCC3)c21. The van der Waals surface area contributed by atoms with E-state index in [2.05, 4.69) is 70.6 Å². The zero-order valence-electron chi connectivity index (χ0n) is 20.2. The van der Waals surface area contributed by atoms with Gasteiger partial charge in [-0.25, -0.2) is 4.98 Å². The predicted octanol–water partition coefficient (Wildman–Crippen LogP) is 6.60. The number of piperidine rings is 1. The number of imidazole rings is 1. The van der Waals surface area contributed by atoms with Crippen LogP contribution in [0.2, 0.25) is 0 Å². The number of nitrogens with one attached hydrogen (secondary N) is 1. The Kier molecular flexibility index (Phi) is 5.82. The minimum atomic E-state index is -0.246. The van der Waals surface area contributed by atoms with Gasteiger partial charge in [-0.2, -0.15) is 0 Å². The summed E-state index contributed by atoms with van der Waals surface area (Å²) in [5.74, 6) is 0.391. The molecule has 2 N–H and O–H groups in total. The summed E-state index contributed by atoms with van der Waals surface area (Å²) in [4.78, 5) is 7.19. The summed E-state index contributed by atoms with van der Waals surface area (Å²) in [6, 6.07) is 12.1. The van der Waals surface area contributed by atoms with E-state index in [0.717, 1.165) is 31.3 Å². The van der Waals surface area contributed by atoms with Crippen molar-refractivity contribution in [3.8, 4) is 11.1 Å². The number of fused-ring (bicyclic) bond motifs is 2. The van der Waals surface area contributed by atoms with Crippen LogP contribution in [0.25, 0.3) is 22.2 Å². The highest BCUT2D eigenvalue weighted by molar-refractivity contribution is 5.87. The number of allylic oxidation sites excluding steroid dienone is 1. The van der Waals surface area contributed by atoms with Crippen molar-refractivity contribution in [3.63, 3.8) is 0 Å². The van der Waals surface area contributed by atoms with Crippen molar-refractivity contribution < 1.29 is 5.11 Å². The molecule has 2 unspecified atom stereocenters. The summed E-state index contributed by atoms with van der Waals surface area (Å²) in [6.45, 7) is 3.96. The van der Waals surface area contributed by atoms with Crippen LogP contribution in [0.5, 0.6) is 0 Å². The molecule has 0 amide bonds. The first-order valence-corrected chi connectivity index (χ1v) is 13.2. The summed E-state index contributed by atoms with van der Waals surface area (Å²) >= 11 is 0. The lowest BCUT2D eigenvalue weighted by atomic mass is 9.85. The van der Waals surface area contributed by atoms with Gasteiger partial charge in [0, 0.05) is 36.4 Å². The zero-order valence-corrected chi connectivity index (χ0v) is 20.2. The lowest BCUT2D eigenvalue weighted by Crippen LogP contribution is -2.38. The first kappa shape index (κ1) is 21.7. The van der Waals surface area contributed by atoms with Gasteiger partial charge in [0.1, 0.15) is 0 Å². The lowest BCUT2D eigenvalue weighted by Gasteiger charge is -2.34. The number of β-amino-alcohol motifs (C(OH)–C–C–N with tert-alkyl or cyclic N) is 1. The zero-order chi connectivity index (χ0) is 23.1. The summed E-state index contributed by atoms with van der Waals surface area (Å²) in [5.41, 5.74) is 8.61. The largest absolute Gasteiger partial charge is 0.391 e. The third-order valence-electron chi connectivity index (χ3n) is 8.16. The molecule has 1 saturated carbocycles. The molecule has 5 heteroatoms. The van der Waals surface area contributed by atoms with Crippen molar-refractivity contribution in [2.24, 2.45) is 0 Å². The van der Waals surface area contributed by atoms with E-state index in [-0.39, 0.29) is 6.10 Å². The van der Waals surface area contributed by atoms with Crippen molar-refractivity contribution in [3.05, 3.63) is 54.5 Å². The number of nitrogens with zero attached hydrogens (tertiary/aromatic N) is 3. The number of aliphatic hydroxyl groups excluding tert-OH is 1. The van der Waals surface area contributed by atoms with E-state index in [9.17, 15) is 5.11 Å². The summed E-state index contributed by atoms with van der Waals surface area (Å²) in [5, 5.41) is 13.8. The Morgan fingerprint density at radius 3 is 2.76 bits per heavy atom. The van der Waals surface area contributed by atoms with E-state index in [4.69, 9.17) is 4.98 Å². The molecule has 6 rings (SSSR count). The Hall–Kier alpha value is -2.79. The summed E-state index contributed by atoms with van der Waals surface area (Å²) in [6.07, 6.45) is 15.7. The summed E-state index contributed by atoms with van der Waals surface area (Å²) < 4.78 is 2.42. The molecule has 3 heterocycles. The first-order valence-electron chi connectivity index (χ1n) is 13.2. The van der Waals surface area contributed by atoms with Crippen LogP contribution in [0.4, 0.5) is 11.4 Å². The second kappa shape index (κ2) is 9.10. The maximum absolute atomic E-state index is 10.3. The third kappa shape index (κ3) is 3.90. The second-order valence-corrected chi connectivity index (χ2v) is 10.4.